The van der Waals surface area contributed by atoms with E-state index in [0.717, 1.165) is 43.1 Å². The molecule has 1 amide bonds. The first-order valence-electron chi connectivity index (χ1n) is 14.1. The number of ether oxygens (including phenoxy) is 1. The van der Waals surface area contributed by atoms with Crippen LogP contribution < -0.4 is 5.73 Å². The Balaban J connectivity index is 1.19. The van der Waals surface area contributed by atoms with Crippen molar-refractivity contribution in [2.45, 2.75) is 76.5 Å². The number of amides is 1. The van der Waals surface area contributed by atoms with E-state index in [1.165, 1.54) is 74.6 Å². The van der Waals surface area contributed by atoms with Crippen LogP contribution in [0.4, 0.5) is 14.9 Å². The van der Waals surface area contributed by atoms with Gasteiger partial charge in [0.05, 0.1) is 6.61 Å². The molecular formula is C31H41FN2O2. The topological polar surface area (TPSA) is 55.6 Å². The third-order valence-corrected chi connectivity index (χ3v) is 8.71. The van der Waals surface area contributed by atoms with E-state index < -0.39 is 0 Å². The fraction of sp³-hybridized carbons (Fsp3) is 0.581. The van der Waals surface area contributed by atoms with Crippen LogP contribution in [0.2, 0.25) is 0 Å². The Morgan fingerprint density at radius 1 is 1.00 bits per heavy atom. The van der Waals surface area contributed by atoms with Gasteiger partial charge >= 0.3 is 6.09 Å². The standard InChI is InChI=1S/C31H41FN2O2/c32-28-11-6-22(7-12-28)15-17-36-31(35)34-16-14-26(21-34)27(18-23-4-2-1-3-5-23)19-24-8-13-30(33)29(20-24)25-9-10-25/h6-8,11-13,20,23,25-27H,1-5,9-10,14-19,21,33H2/t26-,27?/m0/s1. The highest BCUT2D eigenvalue weighted by molar-refractivity contribution is 5.68. The molecule has 0 bridgehead atoms. The smallest absolute Gasteiger partial charge is 0.409 e. The van der Waals surface area contributed by atoms with E-state index in [0.29, 0.717) is 30.8 Å². The van der Waals surface area contributed by atoms with Gasteiger partial charge in [-0.25, -0.2) is 9.18 Å². The van der Waals surface area contributed by atoms with E-state index in [2.05, 4.69) is 18.2 Å². The molecule has 1 saturated heterocycles. The Bertz CT molecular complexity index is 1010. The monoisotopic (exact) mass is 492 g/mol. The van der Waals surface area contributed by atoms with Gasteiger partial charge in [-0.05, 0) is 90.7 Å². The first-order valence-corrected chi connectivity index (χ1v) is 14.1. The number of halogens is 1. The van der Waals surface area contributed by atoms with E-state index in [4.69, 9.17) is 10.5 Å². The molecule has 0 spiro atoms. The van der Waals surface area contributed by atoms with Gasteiger partial charge in [0.15, 0.2) is 0 Å². The van der Waals surface area contributed by atoms with Gasteiger partial charge in [0, 0.05) is 25.2 Å². The lowest BCUT2D eigenvalue weighted by atomic mass is 9.75. The predicted molar refractivity (Wildman–Crippen MR) is 142 cm³/mol. The molecule has 36 heavy (non-hydrogen) atoms. The molecule has 0 radical (unpaired) electrons. The summed E-state index contributed by atoms with van der Waals surface area (Å²) in [5, 5.41) is 0. The van der Waals surface area contributed by atoms with Gasteiger partial charge in [-0.2, -0.15) is 0 Å². The number of rotatable bonds is 9. The van der Waals surface area contributed by atoms with Crippen LogP contribution in [-0.2, 0) is 17.6 Å². The summed E-state index contributed by atoms with van der Waals surface area (Å²) in [6, 6.07) is 13.1. The van der Waals surface area contributed by atoms with Crippen molar-refractivity contribution in [2.75, 3.05) is 25.4 Å². The van der Waals surface area contributed by atoms with E-state index in [9.17, 15) is 9.18 Å². The number of carbonyl (C=O) groups excluding carboxylic acids is 1. The molecule has 3 aliphatic rings. The van der Waals surface area contributed by atoms with E-state index >= 15 is 0 Å². The largest absolute Gasteiger partial charge is 0.449 e. The fourth-order valence-electron chi connectivity index (χ4n) is 6.43. The molecule has 1 aliphatic heterocycles. The van der Waals surface area contributed by atoms with Crippen LogP contribution in [-0.4, -0.2) is 30.7 Å². The van der Waals surface area contributed by atoms with Crippen molar-refractivity contribution in [1.29, 1.82) is 0 Å². The molecule has 5 rings (SSSR count). The van der Waals surface area contributed by atoms with Gasteiger partial charge in [0.1, 0.15) is 5.82 Å². The Morgan fingerprint density at radius 3 is 2.50 bits per heavy atom. The van der Waals surface area contributed by atoms with Gasteiger partial charge < -0.3 is 15.4 Å². The molecule has 3 fully saturated rings. The average molecular weight is 493 g/mol. The third-order valence-electron chi connectivity index (χ3n) is 8.71. The molecule has 5 heteroatoms. The van der Waals surface area contributed by atoms with Crippen molar-refractivity contribution in [2.24, 2.45) is 17.8 Å². The lowest BCUT2D eigenvalue weighted by Gasteiger charge is -2.30. The fourth-order valence-corrected chi connectivity index (χ4v) is 6.43. The van der Waals surface area contributed by atoms with Crippen LogP contribution in [0.5, 0.6) is 0 Å². The van der Waals surface area contributed by atoms with Crippen LogP contribution in [0.25, 0.3) is 0 Å². The molecule has 2 saturated carbocycles. The number of anilines is 1. The molecule has 4 nitrogen and oxygen atoms in total. The van der Waals surface area contributed by atoms with Crippen molar-refractivity contribution in [3.8, 4) is 0 Å². The number of carbonyl (C=O) groups is 1. The van der Waals surface area contributed by atoms with E-state index in [1.54, 1.807) is 12.1 Å². The average Bonchev–Trinajstić information content (AvgIpc) is 3.61. The molecule has 1 heterocycles. The molecular weight excluding hydrogens is 451 g/mol. The van der Waals surface area contributed by atoms with Crippen molar-refractivity contribution < 1.29 is 13.9 Å². The quantitative estimate of drug-likeness (QED) is 0.379. The number of benzene rings is 2. The molecule has 2 aromatic rings. The number of hydrogen-bond acceptors (Lipinski definition) is 3. The Morgan fingerprint density at radius 2 is 1.75 bits per heavy atom. The Kier molecular flexibility index (Phi) is 8.13. The molecule has 194 valence electrons. The summed E-state index contributed by atoms with van der Waals surface area (Å²) in [6.45, 7) is 1.89. The van der Waals surface area contributed by atoms with Crippen LogP contribution >= 0.6 is 0 Å². The third kappa shape index (κ3) is 6.60. The predicted octanol–water partition coefficient (Wildman–Crippen LogP) is 7.12. The minimum Gasteiger partial charge on any atom is -0.449 e. The lowest BCUT2D eigenvalue weighted by Crippen LogP contribution is -2.31. The summed E-state index contributed by atoms with van der Waals surface area (Å²) < 4.78 is 18.7. The summed E-state index contributed by atoms with van der Waals surface area (Å²) in [4.78, 5) is 14.7. The first kappa shape index (κ1) is 25.1. The van der Waals surface area contributed by atoms with Gasteiger partial charge in [0.25, 0.3) is 0 Å². The van der Waals surface area contributed by atoms with Gasteiger partial charge in [-0.15, -0.1) is 0 Å². The molecule has 2 aliphatic carbocycles. The van der Waals surface area contributed by atoms with Crippen molar-refractivity contribution in [1.82, 2.24) is 4.90 Å². The highest BCUT2D eigenvalue weighted by atomic mass is 19.1. The summed E-state index contributed by atoms with van der Waals surface area (Å²) >= 11 is 0. The molecule has 2 atom stereocenters. The second-order valence-corrected chi connectivity index (χ2v) is 11.4. The second kappa shape index (κ2) is 11.7. The van der Waals surface area contributed by atoms with Crippen molar-refractivity contribution >= 4 is 11.8 Å². The Hall–Kier alpha value is -2.56. The van der Waals surface area contributed by atoms with Crippen LogP contribution in [0, 0.1) is 23.6 Å². The number of likely N-dealkylation sites (tertiary alicyclic amines) is 1. The summed E-state index contributed by atoms with van der Waals surface area (Å²) in [5.41, 5.74) is 11.0. The zero-order valence-corrected chi connectivity index (χ0v) is 21.5. The summed E-state index contributed by atoms with van der Waals surface area (Å²) in [6.07, 6.45) is 13.1. The minimum atomic E-state index is -0.246. The van der Waals surface area contributed by atoms with Gasteiger partial charge in [0.2, 0.25) is 0 Å². The van der Waals surface area contributed by atoms with E-state index in [-0.39, 0.29) is 11.9 Å². The minimum absolute atomic E-state index is 0.209. The lowest BCUT2D eigenvalue weighted by molar-refractivity contribution is 0.108. The zero-order chi connectivity index (χ0) is 24.9. The summed E-state index contributed by atoms with van der Waals surface area (Å²) in [7, 11) is 0. The zero-order valence-electron chi connectivity index (χ0n) is 21.5. The van der Waals surface area contributed by atoms with Crippen LogP contribution in [0.3, 0.4) is 0 Å². The summed E-state index contributed by atoms with van der Waals surface area (Å²) in [5.74, 6) is 2.33. The first-order chi connectivity index (χ1) is 17.5. The van der Waals surface area contributed by atoms with Crippen molar-refractivity contribution in [3.05, 3.63) is 65.0 Å². The van der Waals surface area contributed by atoms with Gasteiger partial charge in [-0.1, -0.05) is 56.4 Å². The van der Waals surface area contributed by atoms with Crippen molar-refractivity contribution in [3.63, 3.8) is 0 Å². The van der Waals surface area contributed by atoms with E-state index in [1.807, 2.05) is 4.90 Å². The number of nitrogens with two attached hydrogens (primary N) is 1. The molecule has 1 unspecified atom stereocenters. The number of hydrogen-bond donors (Lipinski definition) is 1. The molecule has 2 aromatic carbocycles. The number of nitrogen functional groups attached to an aromatic ring is 1. The normalized spacial score (nSPS) is 21.5. The highest BCUT2D eigenvalue weighted by Crippen LogP contribution is 2.44. The van der Waals surface area contributed by atoms with Crippen LogP contribution in [0.1, 0.15) is 80.4 Å². The van der Waals surface area contributed by atoms with Crippen LogP contribution in [0.15, 0.2) is 42.5 Å². The maximum absolute atomic E-state index is 13.1. The maximum atomic E-state index is 13.1. The number of nitrogens with zero attached hydrogens (tertiary/aromatic N) is 1. The highest BCUT2D eigenvalue weighted by Gasteiger charge is 2.34. The van der Waals surface area contributed by atoms with Gasteiger partial charge in [-0.3, -0.25) is 0 Å². The Labute approximate surface area is 215 Å². The molecule has 0 aromatic heterocycles. The SMILES string of the molecule is Nc1ccc(CC(CC2CCCCC2)[C@H]2CCN(C(=O)OCCc3ccc(F)cc3)C2)cc1C1CC1. The second-order valence-electron chi connectivity index (χ2n) is 11.4. The maximum Gasteiger partial charge on any atom is 0.409 e. The molecule has 2 N–H and O–H groups in total.